The van der Waals surface area contributed by atoms with Crippen LogP contribution in [0.25, 0.3) is 0 Å². The van der Waals surface area contributed by atoms with Gasteiger partial charge >= 0.3 is 0 Å². The molecule has 0 fully saturated rings. The zero-order valence-corrected chi connectivity index (χ0v) is 6.86. The van der Waals surface area contributed by atoms with E-state index < -0.39 is 0 Å². The maximum atomic E-state index is 11.4. The fraction of sp³-hybridized carbons (Fsp3) is 0.111. The first kappa shape index (κ1) is 7.79. The molecule has 0 spiro atoms. The quantitative estimate of drug-likeness (QED) is 0.719. The summed E-state index contributed by atoms with van der Waals surface area (Å²) in [6, 6.07) is 1.76. The normalized spacial score (nSPS) is 10.2. The average Bonchev–Trinajstić information content (AvgIpc) is 2.74. The van der Waals surface area contributed by atoms with Crippen molar-refractivity contribution in [1.82, 2.24) is 9.97 Å². The van der Waals surface area contributed by atoms with Crippen molar-refractivity contribution < 1.29 is 9.21 Å². The second kappa shape index (κ2) is 3.26. The largest absolute Gasteiger partial charge is 0.472 e. The van der Waals surface area contributed by atoms with E-state index in [0.29, 0.717) is 12.2 Å². The van der Waals surface area contributed by atoms with Crippen molar-refractivity contribution in [3.63, 3.8) is 0 Å². The molecule has 4 nitrogen and oxygen atoms in total. The van der Waals surface area contributed by atoms with E-state index in [1.807, 2.05) is 0 Å². The number of hydrogen-bond acceptors (Lipinski definition) is 3. The minimum absolute atomic E-state index is 0.0357. The lowest BCUT2D eigenvalue weighted by Crippen LogP contribution is -2.04. The summed E-state index contributed by atoms with van der Waals surface area (Å²) < 4.78 is 4.85. The highest BCUT2D eigenvalue weighted by atomic mass is 16.3. The number of ketones is 1. The van der Waals surface area contributed by atoms with Gasteiger partial charge in [-0.3, -0.25) is 4.79 Å². The fourth-order valence-corrected chi connectivity index (χ4v) is 1.08. The van der Waals surface area contributed by atoms with Gasteiger partial charge in [0.25, 0.3) is 0 Å². The number of hydrogen-bond donors (Lipinski definition) is 1. The van der Waals surface area contributed by atoms with E-state index in [1.165, 1.54) is 0 Å². The van der Waals surface area contributed by atoms with E-state index in [0.717, 1.165) is 5.56 Å². The average molecular weight is 176 g/mol. The molecule has 0 atom stereocenters. The van der Waals surface area contributed by atoms with Crippen LogP contribution in [0.1, 0.15) is 16.2 Å². The van der Waals surface area contributed by atoms with Gasteiger partial charge in [-0.2, -0.15) is 0 Å². The third-order valence-corrected chi connectivity index (χ3v) is 1.71. The van der Waals surface area contributed by atoms with Gasteiger partial charge in [-0.1, -0.05) is 0 Å². The molecule has 4 heteroatoms. The highest BCUT2D eigenvalue weighted by molar-refractivity contribution is 5.93. The van der Waals surface area contributed by atoms with E-state index in [9.17, 15) is 4.79 Å². The number of aromatic amines is 1. The van der Waals surface area contributed by atoms with Crippen LogP contribution in [0.3, 0.4) is 0 Å². The van der Waals surface area contributed by atoms with Crippen LogP contribution >= 0.6 is 0 Å². The number of carbonyl (C=O) groups is 1. The molecule has 0 amide bonds. The number of furan rings is 1. The Morgan fingerprint density at radius 1 is 1.62 bits per heavy atom. The van der Waals surface area contributed by atoms with Crippen molar-refractivity contribution >= 4 is 5.78 Å². The van der Waals surface area contributed by atoms with Gasteiger partial charge < -0.3 is 9.40 Å². The fourth-order valence-electron chi connectivity index (χ4n) is 1.08. The lowest BCUT2D eigenvalue weighted by atomic mass is 10.2. The number of Topliss-reactive ketones (excluding diaryl/α,β-unsaturated/α-hetero) is 1. The van der Waals surface area contributed by atoms with Gasteiger partial charge in [-0.15, -0.1) is 0 Å². The van der Waals surface area contributed by atoms with E-state index in [2.05, 4.69) is 9.97 Å². The molecule has 2 aromatic heterocycles. The Kier molecular flexibility index (Phi) is 1.96. The minimum Gasteiger partial charge on any atom is -0.472 e. The van der Waals surface area contributed by atoms with Gasteiger partial charge in [0.05, 0.1) is 12.5 Å². The van der Waals surface area contributed by atoms with E-state index in [-0.39, 0.29) is 5.78 Å². The number of nitrogens with zero attached hydrogens (tertiary/aromatic N) is 1. The van der Waals surface area contributed by atoms with E-state index >= 15 is 0 Å². The van der Waals surface area contributed by atoms with Crippen LogP contribution in [0.4, 0.5) is 0 Å². The maximum Gasteiger partial charge on any atom is 0.202 e. The Balaban J connectivity index is 2.08. The van der Waals surface area contributed by atoms with E-state index in [4.69, 9.17) is 4.42 Å². The molecular formula is C9H8N2O2. The zero-order chi connectivity index (χ0) is 9.10. The molecule has 66 valence electrons. The van der Waals surface area contributed by atoms with Crippen LogP contribution in [0.2, 0.25) is 0 Å². The summed E-state index contributed by atoms with van der Waals surface area (Å²) in [7, 11) is 0. The second-order valence-corrected chi connectivity index (χ2v) is 2.67. The van der Waals surface area contributed by atoms with Crippen molar-refractivity contribution in [1.29, 1.82) is 0 Å². The first-order valence-electron chi connectivity index (χ1n) is 3.90. The van der Waals surface area contributed by atoms with Gasteiger partial charge in [0.15, 0.2) is 5.82 Å². The van der Waals surface area contributed by atoms with Crippen LogP contribution in [0.5, 0.6) is 0 Å². The van der Waals surface area contributed by atoms with Gasteiger partial charge in [-0.05, 0) is 11.6 Å². The SMILES string of the molecule is O=C(Cc1ccoc1)c1ncc[nH]1. The molecule has 0 aliphatic carbocycles. The van der Waals surface area contributed by atoms with Crippen LogP contribution in [-0.2, 0) is 6.42 Å². The molecule has 0 radical (unpaired) electrons. The van der Waals surface area contributed by atoms with Gasteiger partial charge in [0.2, 0.25) is 5.78 Å². The molecule has 2 heterocycles. The smallest absolute Gasteiger partial charge is 0.202 e. The molecule has 0 saturated heterocycles. The van der Waals surface area contributed by atoms with Crippen LogP contribution in [0, 0.1) is 0 Å². The molecule has 2 rings (SSSR count). The maximum absolute atomic E-state index is 11.4. The number of imidazole rings is 1. The van der Waals surface area contributed by atoms with Crippen molar-refractivity contribution in [3.05, 3.63) is 42.4 Å². The van der Waals surface area contributed by atoms with Crippen LogP contribution in [-0.4, -0.2) is 15.8 Å². The Hall–Kier alpha value is -1.84. The number of aromatic nitrogens is 2. The Labute approximate surface area is 74.6 Å². The molecule has 0 saturated carbocycles. The first-order valence-corrected chi connectivity index (χ1v) is 3.90. The number of nitrogens with one attached hydrogen (secondary N) is 1. The Bertz CT molecular complexity index is 376. The zero-order valence-electron chi connectivity index (χ0n) is 6.86. The van der Waals surface area contributed by atoms with Crippen molar-refractivity contribution in [2.24, 2.45) is 0 Å². The van der Waals surface area contributed by atoms with Crippen molar-refractivity contribution in [2.75, 3.05) is 0 Å². The molecule has 0 aliphatic heterocycles. The molecule has 1 N–H and O–H groups in total. The first-order chi connectivity index (χ1) is 6.36. The summed E-state index contributed by atoms with van der Waals surface area (Å²) in [6.07, 6.45) is 6.61. The van der Waals surface area contributed by atoms with Gasteiger partial charge in [-0.25, -0.2) is 4.98 Å². The summed E-state index contributed by atoms with van der Waals surface area (Å²) in [5, 5.41) is 0. The van der Waals surface area contributed by atoms with Crippen LogP contribution in [0.15, 0.2) is 35.4 Å². The number of carbonyl (C=O) groups excluding carboxylic acids is 1. The number of H-pyrrole nitrogens is 1. The summed E-state index contributed by atoms with van der Waals surface area (Å²) >= 11 is 0. The summed E-state index contributed by atoms with van der Waals surface area (Å²) in [6.45, 7) is 0. The minimum atomic E-state index is -0.0357. The molecule has 0 aromatic carbocycles. The predicted molar refractivity (Wildman–Crippen MR) is 45.3 cm³/mol. The van der Waals surface area contributed by atoms with Gasteiger partial charge in [0, 0.05) is 18.8 Å². The third-order valence-electron chi connectivity index (χ3n) is 1.71. The lowest BCUT2D eigenvalue weighted by molar-refractivity contribution is 0.0984. The van der Waals surface area contributed by atoms with E-state index in [1.54, 1.807) is 31.0 Å². The second-order valence-electron chi connectivity index (χ2n) is 2.67. The van der Waals surface area contributed by atoms with Gasteiger partial charge in [0.1, 0.15) is 0 Å². The molecule has 0 unspecified atom stereocenters. The molecule has 2 aromatic rings. The van der Waals surface area contributed by atoms with Crippen molar-refractivity contribution in [3.8, 4) is 0 Å². The third kappa shape index (κ3) is 1.66. The summed E-state index contributed by atoms with van der Waals surface area (Å²) in [4.78, 5) is 18.1. The standard InChI is InChI=1S/C9H8N2O2/c12-8(9-10-2-3-11-9)5-7-1-4-13-6-7/h1-4,6H,5H2,(H,10,11). The monoisotopic (exact) mass is 176 g/mol. The Morgan fingerprint density at radius 3 is 3.15 bits per heavy atom. The highest BCUT2D eigenvalue weighted by Crippen LogP contribution is 2.04. The Morgan fingerprint density at radius 2 is 2.54 bits per heavy atom. The molecular weight excluding hydrogens is 168 g/mol. The molecule has 13 heavy (non-hydrogen) atoms. The summed E-state index contributed by atoms with van der Waals surface area (Å²) in [5.41, 5.74) is 0.862. The van der Waals surface area contributed by atoms with Crippen molar-refractivity contribution in [2.45, 2.75) is 6.42 Å². The summed E-state index contributed by atoms with van der Waals surface area (Å²) in [5.74, 6) is 0.354. The molecule has 0 aliphatic rings. The topological polar surface area (TPSA) is 58.9 Å². The lowest BCUT2D eigenvalue weighted by Gasteiger charge is -1.92. The highest BCUT2D eigenvalue weighted by Gasteiger charge is 2.09. The number of rotatable bonds is 3. The molecule has 0 bridgehead atoms. The van der Waals surface area contributed by atoms with Crippen LogP contribution < -0.4 is 0 Å². The predicted octanol–water partition coefficient (Wildman–Crippen LogP) is 1.43.